The third-order valence-electron chi connectivity index (χ3n) is 5.76. The van der Waals surface area contributed by atoms with Crippen molar-refractivity contribution in [3.05, 3.63) is 54.1 Å². The average Bonchev–Trinajstić information content (AvgIpc) is 3.53. The Morgan fingerprint density at radius 1 is 0.935 bits per heavy atom. The Balaban J connectivity index is 0.00000160. The second kappa shape index (κ2) is 13.0. The van der Waals surface area contributed by atoms with Crippen LogP contribution in [-0.2, 0) is 0 Å². The van der Waals surface area contributed by atoms with Crippen molar-refractivity contribution >= 4 is 60.2 Å². The predicted octanol–water partition coefficient (Wildman–Crippen LogP) is 5.46. The van der Waals surface area contributed by atoms with E-state index < -0.39 is 0 Å². The van der Waals surface area contributed by atoms with E-state index in [-0.39, 0.29) is 43.1 Å². The van der Waals surface area contributed by atoms with Crippen LogP contribution in [0.15, 0.2) is 48.5 Å². The lowest BCUT2D eigenvalue weighted by Gasteiger charge is -2.20. The van der Waals surface area contributed by atoms with Gasteiger partial charge >= 0.3 is 0 Å². The van der Waals surface area contributed by atoms with Gasteiger partial charge in [0.2, 0.25) is 0 Å². The zero-order valence-electron chi connectivity index (χ0n) is 17.6. The van der Waals surface area contributed by atoms with E-state index in [0.717, 1.165) is 11.6 Å². The zero-order valence-corrected chi connectivity index (χ0v) is 20.0. The number of para-hydroxylation sites is 2. The van der Waals surface area contributed by atoms with Gasteiger partial charge in [-0.2, -0.15) is 0 Å². The van der Waals surface area contributed by atoms with Gasteiger partial charge in [0.25, 0.3) is 5.91 Å². The molecule has 1 saturated heterocycles. The molecule has 1 heterocycles. The van der Waals surface area contributed by atoms with Gasteiger partial charge in [0.15, 0.2) is 0 Å². The van der Waals surface area contributed by atoms with Gasteiger partial charge in [0.05, 0.1) is 11.4 Å². The SMILES string of the molecule is Cl.Cl.Cl.Nc1ccccc1NC(=O)c1ccc(NC2CCCN(CC3CC3)CC2)cc1. The van der Waals surface area contributed by atoms with Crippen LogP contribution in [0.3, 0.4) is 0 Å². The van der Waals surface area contributed by atoms with Crippen molar-refractivity contribution in [2.75, 3.05) is 36.0 Å². The number of nitrogens with zero attached hydrogens (tertiary/aromatic N) is 1. The standard InChI is InChI=1S/C23H30N4O.3ClH/c24-21-5-1-2-6-22(21)26-23(28)18-9-11-20(12-10-18)25-19-4-3-14-27(15-13-19)16-17-7-8-17;;;/h1-2,5-6,9-12,17,19,25H,3-4,7-8,13-16,24H2,(H,26,28);3*1H. The van der Waals surface area contributed by atoms with Crippen LogP contribution in [0.5, 0.6) is 0 Å². The fraction of sp³-hybridized carbons (Fsp3) is 0.435. The van der Waals surface area contributed by atoms with Crippen LogP contribution in [-0.4, -0.2) is 36.5 Å². The maximum atomic E-state index is 12.4. The molecule has 0 aromatic heterocycles. The van der Waals surface area contributed by atoms with Crippen LogP contribution in [0, 0.1) is 5.92 Å². The van der Waals surface area contributed by atoms with Crippen molar-refractivity contribution in [3.63, 3.8) is 0 Å². The fourth-order valence-electron chi connectivity index (χ4n) is 3.91. The van der Waals surface area contributed by atoms with Crippen molar-refractivity contribution in [2.45, 2.75) is 38.1 Å². The highest BCUT2D eigenvalue weighted by atomic mass is 35.5. The third-order valence-corrected chi connectivity index (χ3v) is 5.76. The summed E-state index contributed by atoms with van der Waals surface area (Å²) in [6.45, 7) is 3.71. The summed E-state index contributed by atoms with van der Waals surface area (Å²) in [4.78, 5) is 15.1. The molecule has 0 radical (unpaired) electrons. The van der Waals surface area contributed by atoms with E-state index in [1.165, 1.54) is 51.7 Å². The van der Waals surface area contributed by atoms with Gasteiger partial charge in [-0.3, -0.25) is 4.79 Å². The van der Waals surface area contributed by atoms with E-state index in [9.17, 15) is 4.79 Å². The normalized spacial score (nSPS) is 18.4. The number of halogens is 3. The van der Waals surface area contributed by atoms with Crippen LogP contribution in [0.1, 0.15) is 42.5 Å². The Bertz CT molecular complexity index is 815. The number of carbonyl (C=O) groups is 1. The zero-order chi connectivity index (χ0) is 19.3. The third kappa shape index (κ3) is 8.08. The molecule has 1 saturated carbocycles. The summed E-state index contributed by atoms with van der Waals surface area (Å²) >= 11 is 0. The van der Waals surface area contributed by atoms with Gasteiger partial charge in [-0.25, -0.2) is 0 Å². The monoisotopic (exact) mass is 486 g/mol. The Hall–Kier alpha value is -1.66. The molecule has 4 rings (SSSR count). The first-order valence-electron chi connectivity index (χ1n) is 10.4. The number of nitrogens with two attached hydrogens (primary N) is 1. The van der Waals surface area contributed by atoms with E-state index in [1.807, 2.05) is 42.5 Å². The van der Waals surface area contributed by atoms with E-state index in [0.29, 0.717) is 23.0 Å². The average molecular weight is 488 g/mol. The number of amides is 1. The highest BCUT2D eigenvalue weighted by Gasteiger charge is 2.25. The summed E-state index contributed by atoms with van der Waals surface area (Å²) in [6, 6.07) is 15.5. The van der Waals surface area contributed by atoms with Gasteiger partial charge < -0.3 is 21.3 Å². The summed E-state index contributed by atoms with van der Waals surface area (Å²) in [6.07, 6.45) is 6.49. The number of benzene rings is 2. The minimum atomic E-state index is -0.144. The number of nitrogen functional groups attached to an aromatic ring is 1. The summed E-state index contributed by atoms with van der Waals surface area (Å²) in [5, 5.41) is 6.53. The highest BCUT2D eigenvalue weighted by molar-refractivity contribution is 6.05. The molecule has 31 heavy (non-hydrogen) atoms. The molecule has 1 aliphatic heterocycles. The van der Waals surface area contributed by atoms with E-state index in [4.69, 9.17) is 5.73 Å². The van der Waals surface area contributed by atoms with Crippen molar-refractivity contribution in [1.29, 1.82) is 0 Å². The minimum absolute atomic E-state index is 0. The molecule has 2 aromatic carbocycles. The second-order valence-corrected chi connectivity index (χ2v) is 8.13. The van der Waals surface area contributed by atoms with Gasteiger partial charge in [-0.05, 0) is 81.0 Å². The van der Waals surface area contributed by atoms with Crippen LogP contribution in [0.4, 0.5) is 17.1 Å². The van der Waals surface area contributed by atoms with Gasteiger partial charge in [0, 0.05) is 30.4 Å². The smallest absolute Gasteiger partial charge is 0.255 e. The predicted molar refractivity (Wildman–Crippen MR) is 137 cm³/mol. The lowest BCUT2D eigenvalue weighted by molar-refractivity contribution is 0.102. The number of rotatable bonds is 6. The number of anilines is 3. The van der Waals surface area contributed by atoms with Gasteiger partial charge in [0.1, 0.15) is 0 Å². The van der Waals surface area contributed by atoms with Crippen molar-refractivity contribution < 1.29 is 4.79 Å². The molecule has 4 N–H and O–H groups in total. The Morgan fingerprint density at radius 2 is 1.65 bits per heavy atom. The van der Waals surface area contributed by atoms with Crippen LogP contribution in [0.2, 0.25) is 0 Å². The number of hydrogen-bond donors (Lipinski definition) is 3. The molecular weight excluding hydrogens is 455 g/mol. The molecule has 2 fully saturated rings. The number of nitrogens with one attached hydrogen (secondary N) is 2. The van der Waals surface area contributed by atoms with Crippen LogP contribution in [0.25, 0.3) is 0 Å². The first-order chi connectivity index (χ1) is 13.7. The largest absolute Gasteiger partial charge is 0.397 e. The first kappa shape index (κ1) is 27.4. The molecule has 1 unspecified atom stereocenters. The topological polar surface area (TPSA) is 70.4 Å². The molecule has 0 spiro atoms. The van der Waals surface area contributed by atoms with Crippen molar-refractivity contribution in [2.24, 2.45) is 5.92 Å². The molecule has 2 aliphatic rings. The molecule has 172 valence electrons. The lowest BCUT2D eigenvalue weighted by atomic mass is 10.1. The highest BCUT2D eigenvalue weighted by Crippen LogP contribution is 2.30. The summed E-state index contributed by atoms with van der Waals surface area (Å²) in [7, 11) is 0. The Kier molecular flexibility index (Phi) is 11.5. The van der Waals surface area contributed by atoms with Crippen molar-refractivity contribution in [3.8, 4) is 0 Å². The summed E-state index contributed by atoms with van der Waals surface area (Å²) < 4.78 is 0. The van der Waals surface area contributed by atoms with E-state index in [2.05, 4.69) is 15.5 Å². The molecular formula is C23H33Cl3N4O. The molecule has 8 heteroatoms. The Labute approximate surface area is 203 Å². The maximum Gasteiger partial charge on any atom is 0.255 e. The van der Waals surface area contributed by atoms with E-state index >= 15 is 0 Å². The molecule has 5 nitrogen and oxygen atoms in total. The molecule has 0 bridgehead atoms. The molecule has 1 aliphatic carbocycles. The fourth-order valence-corrected chi connectivity index (χ4v) is 3.91. The van der Waals surface area contributed by atoms with Gasteiger partial charge in [-0.1, -0.05) is 12.1 Å². The van der Waals surface area contributed by atoms with Gasteiger partial charge in [-0.15, -0.1) is 37.2 Å². The molecule has 1 amide bonds. The molecule has 2 aromatic rings. The maximum absolute atomic E-state index is 12.4. The Morgan fingerprint density at radius 3 is 2.32 bits per heavy atom. The number of carbonyl (C=O) groups excluding carboxylic acids is 1. The first-order valence-corrected chi connectivity index (χ1v) is 10.4. The molecule has 1 atom stereocenters. The van der Waals surface area contributed by atoms with Crippen molar-refractivity contribution in [1.82, 2.24) is 4.90 Å². The summed E-state index contributed by atoms with van der Waals surface area (Å²) in [5.41, 5.74) is 8.82. The van der Waals surface area contributed by atoms with Crippen LogP contribution >= 0.6 is 37.2 Å². The summed E-state index contributed by atoms with van der Waals surface area (Å²) in [5.74, 6) is 0.823. The van der Waals surface area contributed by atoms with E-state index in [1.54, 1.807) is 6.07 Å². The lowest BCUT2D eigenvalue weighted by Crippen LogP contribution is -2.28. The quantitative estimate of drug-likeness (QED) is 0.473. The number of likely N-dealkylation sites (tertiary alicyclic amines) is 1. The minimum Gasteiger partial charge on any atom is -0.397 e. The second-order valence-electron chi connectivity index (χ2n) is 8.13. The van der Waals surface area contributed by atoms with Crippen LogP contribution < -0.4 is 16.4 Å². The number of hydrogen-bond acceptors (Lipinski definition) is 4.